The molecule has 0 unspecified atom stereocenters. The third-order valence-corrected chi connectivity index (χ3v) is 11.1. The van der Waals surface area contributed by atoms with Gasteiger partial charge in [0.1, 0.15) is 11.2 Å². The van der Waals surface area contributed by atoms with Crippen molar-refractivity contribution in [3.8, 4) is 39.9 Å². The number of fused-ring (bicyclic) bond motifs is 10. The van der Waals surface area contributed by atoms with Crippen molar-refractivity contribution in [1.82, 2.24) is 19.5 Å². The molecule has 0 aliphatic rings. The van der Waals surface area contributed by atoms with Crippen LogP contribution in [0.15, 0.2) is 162 Å². The zero-order chi connectivity index (χ0) is 33.5. The molecule has 0 spiro atoms. The molecule has 4 heterocycles. The van der Waals surface area contributed by atoms with Crippen LogP contribution in [-0.4, -0.2) is 19.5 Å². The lowest BCUT2D eigenvalue weighted by Crippen LogP contribution is -2.06. The second kappa shape index (κ2) is 10.9. The van der Waals surface area contributed by atoms with E-state index in [1.165, 1.54) is 21.0 Å². The molecule has 11 rings (SSSR count). The summed E-state index contributed by atoms with van der Waals surface area (Å²) in [5.41, 5.74) is 7.93. The average Bonchev–Trinajstić information content (AvgIpc) is 3.88. The van der Waals surface area contributed by atoms with Crippen LogP contribution in [0.2, 0.25) is 0 Å². The fourth-order valence-electron chi connectivity index (χ4n) is 7.53. The molecule has 0 atom stereocenters. The highest BCUT2D eigenvalue weighted by atomic mass is 32.1. The number of nitrogens with zero attached hydrogens (tertiary/aromatic N) is 4. The van der Waals surface area contributed by atoms with Gasteiger partial charge in [-0.1, -0.05) is 121 Å². The lowest BCUT2D eigenvalue weighted by molar-refractivity contribution is 0.673. The Morgan fingerprint density at radius 3 is 2.02 bits per heavy atom. The van der Waals surface area contributed by atoms with Crippen molar-refractivity contribution in [3.05, 3.63) is 158 Å². The molecule has 6 heteroatoms. The fraction of sp³-hybridized carbons (Fsp3) is 0. The van der Waals surface area contributed by atoms with Crippen molar-refractivity contribution >= 4 is 75.3 Å². The third-order valence-electron chi connectivity index (χ3n) is 9.90. The zero-order valence-electron chi connectivity index (χ0n) is 27.1. The Morgan fingerprint density at radius 1 is 0.451 bits per heavy atom. The maximum Gasteiger partial charge on any atom is 0.238 e. The number of rotatable bonds is 4. The molecule has 51 heavy (non-hydrogen) atoms. The Morgan fingerprint density at radius 2 is 1.14 bits per heavy atom. The summed E-state index contributed by atoms with van der Waals surface area (Å²) in [6.45, 7) is 0. The molecule has 0 fully saturated rings. The van der Waals surface area contributed by atoms with Crippen LogP contribution in [0.1, 0.15) is 0 Å². The third kappa shape index (κ3) is 4.30. The van der Waals surface area contributed by atoms with Gasteiger partial charge in [0.2, 0.25) is 5.95 Å². The summed E-state index contributed by atoms with van der Waals surface area (Å²) in [7, 11) is 0. The maximum absolute atomic E-state index is 6.57. The molecule has 0 saturated heterocycles. The molecule has 0 bridgehead atoms. The SMILES string of the molecule is c1ccc(-c2ccc(-c3nc(-c4cccc5c4sc4ccccc45)nc(-n4c5ccccc5c5c6oc7ccccc7c6ccc54)n3)cc2)cc1. The number of furan rings is 1. The lowest BCUT2D eigenvalue weighted by atomic mass is 10.0. The van der Waals surface area contributed by atoms with Gasteiger partial charge in [-0.25, -0.2) is 4.98 Å². The summed E-state index contributed by atoms with van der Waals surface area (Å²) in [5, 5.41) is 6.76. The highest BCUT2D eigenvalue weighted by molar-refractivity contribution is 7.26. The Balaban J connectivity index is 1.20. The van der Waals surface area contributed by atoms with Gasteiger partial charge in [0.05, 0.1) is 16.4 Å². The van der Waals surface area contributed by atoms with E-state index in [4.69, 9.17) is 19.4 Å². The predicted octanol–water partition coefficient (Wildman–Crippen LogP) is 12.2. The Bertz CT molecular complexity index is 3140. The predicted molar refractivity (Wildman–Crippen MR) is 211 cm³/mol. The van der Waals surface area contributed by atoms with Gasteiger partial charge in [0.15, 0.2) is 11.6 Å². The van der Waals surface area contributed by atoms with Crippen molar-refractivity contribution in [2.45, 2.75) is 0 Å². The van der Waals surface area contributed by atoms with Crippen molar-refractivity contribution in [2.24, 2.45) is 0 Å². The van der Waals surface area contributed by atoms with E-state index in [9.17, 15) is 0 Å². The normalized spacial score (nSPS) is 11.9. The van der Waals surface area contributed by atoms with Gasteiger partial charge >= 0.3 is 0 Å². The summed E-state index contributed by atoms with van der Waals surface area (Å²) in [6, 6.07) is 54.9. The van der Waals surface area contributed by atoms with Gasteiger partial charge in [0.25, 0.3) is 0 Å². The van der Waals surface area contributed by atoms with E-state index in [1.807, 2.05) is 18.2 Å². The quantitative estimate of drug-likeness (QED) is 0.187. The van der Waals surface area contributed by atoms with Gasteiger partial charge in [-0.2, -0.15) is 9.97 Å². The van der Waals surface area contributed by atoms with Crippen molar-refractivity contribution in [2.75, 3.05) is 0 Å². The average molecular weight is 671 g/mol. The van der Waals surface area contributed by atoms with E-state index < -0.39 is 0 Å². The molecule has 4 aromatic heterocycles. The van der Waals surface area contributed by atoms with Gasteiger partial charge < -0.3 is 4.42 Å². The minimum Gasteiger partial charge on any atom is -0.455 e. The molecule has 0 saturated carbocycles. The van der Waals surface area contributed by atoms with Crippen LogP contribution in [0.25, 0.3) is 104 Å². The molecule has 0 radical (unpaired) electrons. The first-order chi connectivity index (χ1) is 25.3. The summed E-state index contributed by atoms with van der Waals surface area (Å²) in [5.74, 6) is 1.81. The van der Waals surface area contributed by atoms with E-state index in [1.54, 1.807) is 11.3 Å². The van der Waals surface area contributed by atoms with Crippen LogP contribution >= 0.6 is 11.3 Å². The van der Waals surface area contributed by atoms with E-state index >= 15 is 0 Å². The first kappa shape index (κ1) is 28.2. The Hall–Kier alpha value is -6.63. The molecule has 0 amide bonds. The second-order valence-electron chi connectivity index (χ2n) is 12.8. The molecule has 7 aromatic carbocycles. The van der Waals surface area contributed by atoms with Crippen molar-refractivity contribution in [3.63, 3.8) is 0 Å². The molecule has 11 aromatic rings. The van der Waals surface area contributed by atoms with Crippen LogP contribution < -0.4 is 0 Å². The minimum atomic E-state index is 0.557. The van der Waals surface area contributed by atoms with Crippen LogP contribution in [-0.2, 0) is 0 Å². The van der Waals surface area contributed by atoms with E-state index in [0.29, 0.717) is 17.6 Å². The van der Waals surface area contributed by atoms with Gasteiger partial charge in [-0.3, -0.25) is 4.57 Å². The largest absolute Gasteiger partial charge is 0.455 e. The summed E-state index contributed by atoms with van der Waals surface area (Å²) in [6.07, 6.45) is 0. The maximum atomic E-state index is 6.57. The van der Waals surface area contributed by atoms with E-state index in [2.05, 4.69) is 144 Å². The Labute approximate surface area is 295 Å². The summed E-state index contributed by atoms with van der Waals surface area (Å²) < 4.78 is 11.1. The molecular formula is C45H26N4OS. The van der Waals surface area contributed by atoms with Gasteiger partial charge in [-0.05, 0) is 47.5 Å². The monoisotopic (exact) mass is 670 g/mol. The smallest absolute Gasteiger partial charge is 0.238 e. The van der Waals surface area contributed by atoms with E-state index in [0.717, 1.165) is 65.1 Å². The first-order valence-electron chi connectivity index (χ1n) is 16.9. The molecule has 238 valence electrons. The van der Waals surface area contributed by atoms with Crippen LogP contribution in [0.3, 0.4) is 0 Å². The molecule has 0 N–H and O–H groups in total. The van der Waals surface area contributed by atoms with Crippen LogP contribution in [0.5, 0.6) is 0 Å². The highest BCUT2D eigenvalue weighted by Gasteiger charge is 2.22. The number of hydrogen-bond acceptors (Lipinski definition) is 5. The number of thiophene rings is 1. The van der Waals surface area contributed by atoms with Crippen LogP contribution in [0.4, 0.5) is 0 Å². The molecule has 0 aliphatic heterocycles. The molecular weight excluding hydrogens is 645 g/mol. The topological polar surface area (TPSA) is 56.7 Å². The molecule has 0 aliphatic carbocycles. The first-order valence-corrected chi connectivity index (χ1v) is 17.8. The standard InChI is InChI=1S/C45H26N4OS/c1-2-11-27(12-3-1)28-21-23-29(24-22-28)43-46-44(35-17-10-16-33-31-14-6-9-20-39(31)51-42(33)35)48-45(47-43)49-36-18-7-4-15-34(36)40-37(49)26-25-32-30-13-5-8-19-38(30)50-41(32)40/h1-26H. The lowest BCUT2D eigenvalue weighted by Gasteiger charge is -2.12. The van der Waals surface area contributed by atoms with Crippen molar-refractivity contribution in [1.29, 1.82) is 0 Å². The van der Waals surface area contributed by atoms with Crippen LogP contribution in [0, 0.1) is 0 Å². The number of hydrogen-bond donors (Lipinski definition) is 0. The number of aromatic nitrogens is 4. The number of para-hydroxylation sites is 2. The Kier molecular flexibility index (Phi) is 6.05. The van der Waals surface area contributed by atoms with Crippen molar-refractivity contribution < 1.29 is 4.42 Å². The molecule has 5 nitrogen and oxygen atoms in total. The van der Waals surface area contributed by atoms with Gasteiger partial charge in [0, 0.05) is 47.5 Å². The second-order valence-corrected chi connectivity index (χ2v) is 13.8. The highest BCUT2D eigenvalue weighted by Crippen LogP contribution is 2.42. The van der Waals surface area contributed by atoms with Gasteiger partial charge in [-0.15, -0.1) is 11.3 Å². The van der Waals surface area contributed by atoms with E-state index in [-0.39, 0.29) is 0 Å². The number of benzene rings is 7. The summed E-state index contributed by atoms with van der Waals surface area (Å²) >= 11 is 1.78. The zero-order valence-corrected chi connectivity index (χ0v) is 27.9. The summed E-state index contributed by atoms with van der Waals surface area (Å²) in [4.78, 5) is 15.7. The minimum absolute atomic E-state index is 0.557. The fourth-order valence-corrected chi connectivity index (χ4v) is 8.74.